The topological polar surface area (TPSA) is 38.8 Å². The third kappa shape index (κ3) is 5.48. The summed E-state index contributed by atoms with van der Waals surface area (Å²) in [7, 11) is 0. The van der Waals surface area contributed by atoms with E-state index in [0.717, 1.165) is 12.2 Å². The first-order valence-corrected chi connectivity index (χ1v) is 8.43. The maximum absolute atomic E-state index is 11.8. The molecule has 24 heavy (non-hydrogen) atoms. The summed E-state index contributed by atoms with van der Waals surface area (Å²) < 4.78 is 10.1. The van der Waals surface area contributed by atoms with E-state index in [2.05, 4.69) is 0 Å². The second kappa shape index (κ2) is 9.02. The van der Waals surface area contributed by atoms with Crippen molar-refractivity contribution in [2.45, 2.75) is 6.92 Å². The molecule has 7 heteroatoms. The Morgan fingerprint density at radius 3 is 2.54 bits per heavy atom. The summed E-state index contributed by atoms with van der Waals surface area (Å²) in [5, 5.41) is 1.35. The lowest BCUT2D eigenvalue weighted by atomic mass is 10.3. The largest absolute Gasteiger partial charge is 0.513 e. The monoisotopic (exact) mass is 387 g/mol. The molecule has 0 saturated heterocycles. The molecule has 0 saturated carbocycles. The van der Waals surface area contributed by atoms with Crippen LogP contribution in [0.5, 0.6) is 5.75 Å². The van der Waals surface area contributed by atoms with Crippen molar-refractivity contribution in [2.75, 3.05) is 24.6 Å². The molecule has 0 bridgehead atoms. The van der Waals surface area contributed by atoms with E-state index >= 15 is 0 Å². The quantitative estimate of drug-likeness (QED) is 0.471. The van der Waals surface area contributed by atoms with E-state index in [0.29, 0.717) is 16.6 Å². The summed E-state index contributed by atoms with van der Waals surface area (Å²) in [6.45, 7) is 3.43. The van der Waals surface area contributed by atoms with Gasteiger partial charge in [0.25, 0.3) is 0 Å². The summed E-state index contributed by atoms with van der Waals surface area (Å²) in [6, 6.07) is 12.1. The van der Waals surface area contributed by atoms with Crippen LogP contribution in [0.2, 0.25) is 15.1 Å². The van der Waals surface area contributed by atoms with Gasteiger partial charge in [-0.15, -0.1) is 0 Å². The maximum Gasteiger partial charge on any atom is 0.513 e. The molecule has 128 valence electrons. The molecular formula is C17H16Cl3NO3. The highest BCUT2D eigenvalue weighted by Crippen LogP contribution is 2.28. The van der Waals surface area contributed by atoms with E-state index in [-0.39, 0.29) is 17.4 Å². The van der Waals surface area contributed by atoms with E-state index in [1.165, 1.54) is 6.07 Å². The van der Waals surface area contributed by atoms with Crippen molar-refractivity contribution in [1.82, 2.24) is 0 Å². The smallest absolute Gasteiger partial charge is 0.432 e. The predicted molar refractivity (Wildman–Crippen MR) is 97.8 cm³/mol. The van der Waals surface area contributed by atoms with Crippen LogP contribution in [0.25, 0.3) is 0 Å². The third-order valence-corrected chi connectivity index (χ3v) is 4.01. The SMILES string of the molecule is CCN(CCOC(=O)Oc1cc(Cl)ccc1Cl)c1cccc(Cl)c1. The zero-order valence-corrected chi connectivity index (χ0v) is 15.2. The zero-order valence-electron chi connectivity index (χ0n) is 13.0. The van der Waals surface area contributed by atoms with Crippen molar-refractivity contribution in [3.05, 3.63) is 57.5 Å². The van der Waals surface area contributed by atoms with Gasteiger partial charge in [-0.2, -0.15) is 0 Å². The molecule has 0 aliphatic heterocycles. The fourth-order valence-electron chi connectivity index (χ4n) is 2.06. The van der Waals surface area contributed by atoms with Crippen LogP contribution in [-0.4, -0.2) is 25.9 Å². The first kappa shape index (κ1) is 18.7. The van der Waals surface area contributed by atoms with Crippen molar-refractivity contribution in [1.29, 1.82) is 0 Å². The molecule has 4 nitrogen and oxygen atoms in total. The highest BCUT2D eigenvalue weighted by Gasteiger charge is 2.11. The summed E-state index contributed by atoms with van der Waals surface area (Å²) in [6.07, 6.45) is -0.832. The molecule has 2 aromatic carbocycles. The Kier molecular flexibility index (Phi) is 7.03. The van der Waals surface area contributed by atoms with Gasteiger partial charge in [0, 0.05) is 28.3 Å². The van der Waals surface area contributed by atoms with E-state index in [1.807, 2.05) is 36.1 Å². The lowest BCUT2D eigenvalue weighted by Gasteiger charge is -2.22. The fourth-order valence-corrected chi connectivity index (χ4v) is 2.56. The van der Waals surface area contributed by atoms with Gasteiger partial charge in [0.2, 0.25) is 0 Å². The van der Waals surface area contributed by atoms with E-state index in [1.54, 1.807) is 12.1 Å². The molecule has 0 unspecified atom stereocenters. The second-order valence-electron chi connectivity index (χ2n) is 4.83. The van der Waals surface area contributed by atoms with Gasteiger partial charge in [0.05, 0.1) is 11.6 Å². The number of likely N-dealkylation sites (N-methyl/N-ethyl adjacent to an activating group) is 1. The number of hydrogen-bond donors (Lipinski definition) is 0. The van der Waals surface area contributed by atoms with Crippen molar-refractivity contribution in [2.24, 2.45) is 0 Å². The van der Waals surface area contributed by atoms with Gasteiger partial charge in [-0.3, -0.25) is 0 Å². The number of nitrogens with zero attached hydrogens (tertiary/aromatic N) is 1. The normalized spacial score (nSPS) is 10.3. The molecule has 0 spiro atoms. The highest BCUT2D eigenvalue weighted by molar-refractivity contribution is 6.34. The lowest BCUT2D eigenvalue weighted by Crippen LogP contribution is -2.28. The predicted octanol–water partition coefficient (Wildman–Crippen LogP) is 5.69. The Morgan fingerprint density at radius 1 is 1.08 bits per heavy atom. The Morgan fingerprint density at radius 2 is 1.83 bits per heavy atom. The number of benzene rings is 2. The highest BCUT2D eigenvalue weighted by atomic mass is 35.5. The number of halogens is 3. The Labute approximate surface area is 155 Å². The van der Waals surface area contributed by atoms with Gasteiger partial charge >= 0.3 is 6.16 Å². The Hall–Kier alpha value is -1.62. The second-order valence-corrected chi connectivity index (χ2v) is 6.11. The average molecular weight is 389 g/mol. The maximum atomic E-state index is 11.8. The zero-order chi connectivity index (χ0) is 17.5. The molecule has 0 atom stereocenters. The number of ether oxygens (including phenoxy) is 2. The van der Waals surface area contributed by atoms with E-state index in [9.17, 15) is 4.79 Å². The summed E-state index contributed by atoms with van der Waals surface area (Å²) in [5.41, 5.74) is 0.958. The van der Waals surface area contributed by atoms with Gasteiger partial charge in [0.15, 0.2) is 5.75 Å². The van der Waals surface area contributed by atoms with Gasteiger partial charge in [-0.25, -0.2) is 4.79 Å². The molecule has 0 heterocycles. The molecular weight excluding hydrogens is 373 g/mol. The number of hydrogen-bond acceptors (Lipinski definition) is 4. The van der Waals surface area contributed by atoms with Crippen LogP contribution in [0.3, 0.4) is 0 Å². The fraction of sp³-hybridized carbons (Fsp3) is 0.235. The van der Waals surface area contributed by atoms with Crippen molar-refractivity contribution >= 4 is 46.6 Å². The number of carbonyl (C=O) groups excluding carboxylic acids is 1. The van der Waals surface area contributed by atoms with Crippen LogP contribution in [0, 0.1) is 0 Å². The summed E-state index contributed by atoms with van der Waals surface area (Å²) in [4.78, 5) is 13.8. The van der Waals surface area contributed by atoms with Crippen molar-refractivity contribution in [3.8, 4) is 5.75 Å². The Balaban J connectivity index is 1.86. The standard InChI is InChI=1S/C17H16Cl3NO3/c1-2-21(14-5-3-4-12(18)10-14)8-9-23-17(22)24-16-11-13(19)6-7-15(16)20/h3-7,10-11H,2,8-9H2,1H3. The van der Waals surface area contributed by atoms with Crippen molar-refractivity contribution < 1.29 is 14.3 Å². The van der Waals surface area contributed by atoms with Crippen LogP contribution >= 0.6 is 34.8 Å². The number of rotatable bonds is 6. The lowest BCUT2D eigenvalue weighted by molar-refractivity contribution is 0.101. The summed E-state index contributed by atoms with van der Waals surface area (Å²) >= 11 is 17.8. The molecule has 2 aromatic rings. The van der Waals surface area contributed by atoms with Crippen LogP contribution in [0.4, 0.5) is 10.5 Å². The van der Waals surface area contributed by atoms with Gasteiger partial charge in [-0.1, -0.05) is 40.9 Å². The Bertz CT molecular complexity index is 709. The minimum atomic E-state index is -0.832. The van der Waals surface area contributed by atoms with Crippen molar-refractivity contribution in [3.63, 3.8) is 0 Å². The van der Waals surface area contributed by atoms with E-state index < -0.39 is 6.16 Å². The molecule has 0 radical (unpaired) electrons. The molecule has 2 rings (SSSR count). The molecule has 0 fully saturated rings. The minimum absolute atomic E-state index is 0.163. The number of carbonyl (C=O) groups is 1. The van der Waals surface area contributed by atoms with Crippen LogP contribution in [-0.2, 0) is 4.74 Å². The van der Waals surface area contributed by atoms with Crippen LogP contribution < -0.4 is 9.64 Å². The van der Waals surface area contributed by atoms with E-state index in [4.69, 9.17) is 44.3 Å². The molecule has 0 N–H and O–H groups in total. The van der Waals surface area contributed by atoms with Gasteiger partial charge < -0.3 is 14.4 Å². The molecule has 0 amide bonds. The van der Waals surface area contributed by atoms with Crippen LogP contribution in [0.15, 0.2) is 42.5 Å². The van der Waals surface area contributed by atoms with Crippen LogP contribution in [0.1, 0.15) is 6.92 Å². The first-order valence-electron chi connectivity index (χ1n) is 7.29. The minimum Gasteiger partial charge on any atom is -0.432 e. The first-order chi connectivity index (χ1) is 11.5. The number of anilines is 1. The average Bonchev–Trinajstić information content (AvgIpc) is 2.55. The molecule has 0 aliphatic rings. The molecule has 0 aromatic heterocycles. The third-order valence-electron chi connectivity index (χ3n) is 3.22. The molecule has 0 aliphatic carbocycles. The summed E-state index contributed by atoms with van der Waals surface area (Å²) in [5.74, 6) is 0.163. The van der Waals surface area contributed by atoms with Gasteiger partial charge in [0.1, 0.15) is 6.61 Å². The van der Waals surface area contributed by atoms with Gasteiger partial charge in [-0.05, 0) is 37.3 Å².